The van der Waals surface area contributed by atoms with Crippen molar-refractivity contribution in [1.82, 2.24) is 9.62 Å². The zero-order valence-electron chi connectivity index (χ0n) is 19.6. The van der Waals surface area contributed by atoms with E-state index in [2.05, 4.69) is 26.6 Å². The van der Waals surface area contributed by atoms with Crippen LogP contribution in [0.15, 0.2) is 52.8 Å². The van der Waals surface area contributed by atoms with Crippen LogP contribution in [0.4, 0.5) is 0 Å². The van der Waals surface area contributed by atoms with E-state index >= 15 is 0 Å². The summed E-state index contributed by atoms with van der Waals surface area (Å²) in [7, 11) is -2.80. The third-order valence-electron chi connectivity index (χ3n) is 6.81. The number of benzene rings is 2. The summed E-state index contributed by atoms with van der Waals surface area (Å²) in [5.74, 6) is -2.47. The van der Waals surface area contributed by atoms with Crippen LogP contribution in [0.3, 0.4) is 0 Å². The molecule has 1 aliphatic carbocycles. The van der Waals surface area contributed by atoms with Crippen molar-refractivity contribution in [1.29, 1.82) is 0 Å². The van der Waals surface area contributed by atoms with Gasteiger partial charge in [0.1, 0.15) is 0 Å². The maximum absolute atomic E-state index is 13.9. The fourth-order valence-electron chi connectivity index (χ4n) is 5.28. The molecule has 1 fully saturated rings. The number of halogens is 2. The quantitative estimate of drug-likeness (QED) is 0.171. The number of rotatable bonds is 7. The fraction of sp³-hybridized carbons (Fsp3) is 0.391. The van der Waals surface area contributed by atoms with Gasteiger partial charge in [0.15, 0.2) is 0 Å². The van der Waals surface area contributed by atoms with E-state index in [0.29, 0.717) is 47.4 Å². The van der Waals surface area contributed by atoms with Gasteiger partial charge in [-0.15, -0.1) is 0 Å². The Bertz CT molecular complexity index is 1390. The second kappa shape index (κ2) is 11.3. The van der Waals surface area contributed by atoms with Gasteiger partial charge in [-0.1, -0.05) is 11.6 Å². The average molecular weight is 561 g/mol. The van der Waals surface area contributed by atoms with Gasteiger partial charge in [0.2, 0.25) is 0 Å². The van der Waals surface area contributed by atoms with E-state index in [9.17, 15) is 18.7 Å². The molecular formula is C23H23BCl2N6O4S. The van der Waals surface area contributed by atoms with E-state index in [1.54, 1.807) is 41.3 Å². The van der Waals surface area contributed by atoms with Crippen LogP contribution in [0, 0.1) is 4.91 Å². The number of hydrogen-bond donors (Lipinski definition) is 1. The number of carbonyl (C=O) groups excluding carboxylic acids is 2. The first-order chi connectivity index (χ1) is 17.7. The van der Waals surface area contributed by atoms with E-state index in [-0.39, 0.29) is 28.9 Å². The Morgan fingerprint density at radius 3 is 2.51 bits per heavy atom. The molecule has 0 bridgehead atoms. The molecule has 2 amide bonds. The topological polar surface area (TPSA) is 145 Å². The summed E-state index contributed by atoms with van der Waals surface area (Å²) in [6.45, 7) is 3.64. The number of fused-ring (bicyclic) bond motifs is 1. The van der Waals surface area contributed by atoms with Crippen molar-refractivity contribution in [3.05, 3.63) is 84.6 Å². The molecule has 3 atom stereocenters. The fourth-order valence-corrected chi connectivity index (χ4v) is 6.96. The first-order valence-corrected chi connectivity index (χ1v) is 14.2. The summed E-state index contributed by atoms with van der Waals surface area (Å²) in [6, 6.07) is 10.2. The third kappa shape index (κ3) is 5.73. The molecule has 192 valence electrons. The Balaban J connectivity index is 1.72. The molecule has 1 heterocycles. The molecule has 1 unspecified atom stereocenters. The Labute approximate surface area is 224 Å². The van der Waals surface area contributed by atoms with E-state index in [1.807, 2.05) is 0 Å². The average Bonchev–Trinajstić information content (AvgIpc) is 2.88. The van der Waals surface area contributed by atoms with Crippen LogP contribution in [0.2, 0.25) is 10.0 Å². The molecule has 1 saturated carbocycles. The molecule has 0 radical (unpaired) electrons. The minimum absolute atomic E-state index is 0.158. The molecule has 2 aliphatic rings. The molecule has 0 aromatic heterocycles. The molecule has 10 nitrogen and oxygen atoms in total. The van der Waals surface area contributed by atoms with Crippen LogP contribution in [0.1, 0.15) is 59.1 Å². The second-order valence-electron chi connectivity index (χ2n) is 9.11. The Kier molecular flexibility index (Phi) is 8.35. The van der Waals surface area contributed by atoms with Gasteiger partial charge in [0.25, 0.3) is 0 Å². The van der Waals surface area contributed by atoms with Crippen LogP contribution < -0.4 is 4.72 Å². The molecule has 0 saturated heterocycles. The van der Waals surface area contributed by atoms with Gasteiger partial charge in [-0.2, -0.15) is 0 Å². The molecular weight excluding hydrogens is 538 g/mol. The monoisotopic (exact) mass is 560 g/mol. The van der Waals surface area contributed by atoms with Crippen molar-refractivity contribution in [2.24, 2.45) is 10.3 Å². The van der Waals surface area contributed by atoms with E-state index < -0.39 is 27.4 Å². The predicted octanol–water partition coefficient (Wildman–Crippen LogP) is 4.75. The van der Waals surface area contributed by atoms with Crippen molar-refractivity contribution in [3.63, 3.8) is 0 Å². The molecule has 4 rings (SSSR count). The molecule has 2 aromatic rings. The number of nitrogens with one attached hydrogen (secondary N) is 1. The predicted molar refractivity (Wildman–Crippen MR) is 144 cm³/mol. The minimum atomic E-state index is -2.80. The first kappa shape index (κ1) is 27.3. The zero-order chi connectivity index (χ0) is 26.7. The molecule has 1 N–H and O–H groups in total. The van der Waals surface area contributed by atoms with E-state index in [0.717, 1.165) is 0 Å². The molecule has 14 heteroatoms. The number of azide groups is 1. The maximum atomic E-state index is 13.9. The van der Waals surface area contributed by atoms with Crippen molar-refractivity contribution in [2.45, 2.75) is 49.7 Å². The van der Waals surface area contributed by atoms with Crippen LogP contribution in [0.25, 0.3) is 10.4 Å². The number of nitroso groups, excluding NO2 is 1. The van der Waals surface area contributed by atoms with Gasteiger partial charge in [-0.05, 0) is 0 Å². The van der Waals surface area contributed by atoms with E-state index in [1.165, 1.54) is 6.07 Å². The first-order valence-electron chi connectivity index (χ1n) is 11.5. The summed E-state index contributed by atoms with van der Waals surface area (Å²) in [5, 5.41) is 6.75. The molecule has 0 spiro atoms. The Hall–Kier alpha value is -2.76. The van der Waals surface area contributed by atoms with Crippen LogP contribution in [-0.2, 0) is 14.3 Å². The van der Waals surface area contributed by atoms with Gasteiger partial charge in [0.05, 0.1) is 0 Å². The van der Waals surface area contributed by atoms with Crippen molar-refractivity contribution >= 4 is 51.3 Å². The third-order valence-corrected chi connectivity index (χ3v) is 8.67. The summed E-state index contributed by atoms with van der Waals surface area (Å²) in [6.07, 6.45) is 2.18. The number of hydrogen-bond acceptors (Lipinski definition) is 5. The van der Waals surface area contributed by atoms with Gasteiger partial charge in [-0.25, -0.2) is 0 Å². The summed E-state index contributed by atoms with van der Waals surface area (Å²) >= 11 is 12.7. The van der Waals surface area contributed by atoms with Gasteiger partial charge in [-0.3, -0.25) is 0 Å². The number of amides is 2. The molecule has 37 heavy (non-hydrogen) atoms. The standard InChI is InChI=1S/C23H23BCl2N6O4S/c24-37(36,12-28-31-27)30-14-6-8-15(9-7-14)32-21(18-10-5-13(25)11-19(18)26)20(22(33)29-35)16-3-1-2-4-17(16)23(32)34/h1-5,10-11,14-15,20-21,24H,6-9,12H2,(H,30,36)/t14-,15-,20-,21+,37?/m1/s1. The Morgan fingerprint density at radius 2 is 1.86 bits per heavy atom. The Morgan fingerprint density at radius 1 is 1.16 bits per heavy atom. The summed E-state index contributed by atoms with van der Waals surface area (Å²) < 4.78 is 15.6. The second-order valence-corrected chi connectivity index (χ2v) is 12.1. The molecule has 1 aliphatic heterocycles. The van der Waals surface area contributed by atoms with Crippen molar-refractivity contribution < 1.29 is 13.8 Å². The van der Waals surface area contributed by atoms with Crippen LogP contribution in [0.5, 0.6) is 0 Å². The van der Waals surface area contributed by atoms with Crippen molar-refractivity contribution in [3.8, 4) is 0 Å². The number of carbonyl (C=O) groups is 2. The van der Waals surface area contributed by atoms with Gasteiger partial charge >= 0.3 is 214 Å². The zero-order valence-corrected chi connectivity index (χ0v) is 22.0. The summed E-state index contributed by atoms with van der Waals surface area (Å²) in [5.41, 5.74) is 9.77. The van der Waals surface area contributed by atoms with Gasteiger partial charge < -0.3 is 0 Å². The molecule has 2 aromatic carbocycles. The van der Waals surface area contributed by atoms with Crippen LogP contribution in [-0.4, -0.2) is 45.6 Å². The normalized spacial score (nSPS) is 24.9. The van der Waals surface area contributed by atoms with E-state index in [4.69, 9.17) is 28.7 Å². The number of nitrogens with zero attached hydrogens (tertiary/aromatic N) is 5. The summed E-state index contributed by atoms with van der Waals surface area (Å²) in [4.78, 5) is 42.6. The van der Waals surface area contributed by atoms with Gasteiger partial charge in [0, 0.05) is 0 Å². The van der Waals surface area contributed by atoms with Crippen molar-refractivity contribution in [2.75, 3.05) is 5.88 Å². The SMILES string of the molecule is B=S(=O)(CN=[N+]=[N-])N[C@H]1CC[C@H](N2C(=O)c3ccccc3[C@@H](C(=O)N=O)[C@@H]2c2ccc(Cl)cc2Cl)CC1. The van der Waals surface area contributed by atoms with Crippen LogP contribution >= 0.6 is 23.2 Å².